The van der Waals surface area contributed by atoms with Crippen molar-refractivity contribution in [3.8, 4) is 11.3 Å². The number of furan rings is 1. The number of hydrogen-bond donors (Lipinski definition) is 0. The van der Waals surface area contributed by atoms with E-state index in [-0.39, 0.29) is 0 Å². The van der Waals surface area contributed by atoms with Crippen molar-refractivity contribution in [2.24, 2.45) is 0 Å². The van der Waals surface area contributed by atoms with Crippen LogP contribution in [0, 0.1) is 6.92 Å². The molecule has 114 valence electrons. The van der Waals surface area contributed by atoms with Crippen molar-refractivity contribution in [3.63, 3.8) is 0 Å². The molecule has 3 heterocycles. The number of pyridine rings is 1. The summed E-state index contributed by atoms with van der Waals surface area (Å²) in [4.78, 5) is 11.6. The molecule has 0 fully saturated rings. The fraction of sp³-hybridized carbons (Fsp3) is 0.0556. The average molecular weight is 344 g/mol. The van der Waals surface area contributed by atoms with E-state index in [1.807, 2.05) is 41.8 Å². The molecule has 0 aliphatic carbocycles. The van der Waals surface area contributed by atoms with Crippen LogP contribution in [0.3, 0.4) is 0 Å². The second-order valence-corrected chi connectivity index (χ2v) is 6.32. The molecule has 0 radical (unpaired) electrons. The van der Waals surface area contributed by atoms with Gasteiger partial charge in [0.1, 0.15) is 5.76 Å². The quantitative estimate of drug-likeness (QED) is 0.432. The lowest BCUT2D eigenvalue weighted by Gasteiger charge is -1.98. The van der Waals surface area contributed by atoms with E-state index in [1.54, 1.807) is 12.1 Å². The van der Waals surface area contributed by atoms with Crippen LogP contribution in [0.15, 0.2) is 47.0 Å². The lowest BCUT2D eigenvalue weighted by molar-refractivity contribution is 0.111. The summed E-state index contributed by atoms with van der Waals surface area (Å²) in [5.41, 5.74) is 3.90. The number of rotatable bonds is 2. The molecule has 1 aromatic carbocycles. The first kappa shape index (κ1) is 14.4. The van der Waals surface area contributed by atoms with Gasteiger partial charge < -0.3 is 8.82 Å². The van der Waals surface area contributed by atoms with Crippen molar-refractivity contribution >= 4 is 46.0 Å². The highest BCUT2D eigenvalue weighted by atomic mass is 35.5. The third-order valence-electron chi connectivity index (χ3n) is 3.88. The number of fused-ring (bicyclic) bond motifs is 2. The second-order valence-electron chi connectivity index (χ2n) is 5.48. The third-order valence-corrected chi connectivity index (χ3v) is 4.38. The number of carbonyl (C=O) groups is 1. The first-order valence-electron chi connectivity index (χ1n) is 7.02. The van der Waals surface area contributed by atoms with Crippen LogP contribution in [0.5, 0.6) is 0 Å². The van der Waals surface area contributed by atoms with Gasteiger partial charge in [0.25, 0.3) is 0 Å². The van der Waals surface area contributed by atoms with Gasteiger partial charge >= 0.3 is 0 Å². The third kappa shape index (κ3) is 2.24. The van der Waals surface area contributed by atoms with Crippen molar-refractivity contribution in [3.05, 3.63) is 63.9 Å². The lowest BCUT2D eigenvalue weighted by atomic mass is 10.1. The molecule has 4 rings (SSSR count). The Hall–Kier alpha value is -2.23. The fourth-order valence-electron chi connectivity index (χ4n) is 2.84. The molecule has 3 aromatic heterocycles. The van der Waals surface area contributed by atoms with Gasteiger partial charge in [0.05, 0.1) is 10.7 Å². The van der Waals surface area contributed by atoms with Crippen molar-refractivity contribution < 1.29 is 9.21 Å². The largest absolute Gasteiger partial charge is 0.454 e. The number of hydrogen-bond acceptors (Lipinski definition) is 2. The normalized spacial score (nSPS) is 11.4. The summed E-state index contributed by atoms with van der Waals surface area (Å²) in [6.07, 6.45) is 2.71. The Balaban J connectivity index is 2.02. The highest BCUT2D eigenvalue weighted by Gasteiger charge is 2.17. The van der Waals surface area contributed by atoms with Crippen LogP contribution in [0.4, 0.5) is 0 Å². The maximum absolute atomic E-state index is 11.6. The molecule has 0 aliphatic heterocycles. The van der Waals surface area contributed by atoms with E-state index in [0.29, 0.717) is 27.1 Å². The molecule has 23 heavy (non-hydrogen) atoms. The van der Waals surface area contributed by atoms with Gasteiger partial charge in [-0.3, -0.25) is 4.79 Å². The van der Waals surface area contributed by atoms with Crippen molar-refractivity contribution in [1.82, 2.24) is 4.40 Å². The zero-order valence-electron chi connectivity index (χ0n) is 12.1. The Labute approximate surface area is 142 Å². The van der Waals surface area contributed by atoms with Gasteiger partial charge in [-0.05, 0) is 48.9 Å². The molecule has 5 heteroatoms. The minimum Gasteiger partial charge on any atom is -0.454 e. The molecule has 0 aliphatic rings. The van der Waals surface area contributed by atoms with Gasteiger partial charge in [-0.15, -0.1) is 0 Å². The van der Waals surface area contributed by atoms with Crippen LogP contribution in [-0.2, 0) is 0 Å². The zero-order chi connectivity index (χ0) is 16.1. The number of aromatic nitrogens is 1. The highest BCUT2D eigenvalue weighted by molar-refractivity contribution is 6.38. The second kappa shape index (κ2) is 5.15. The number of halogens is 2. The van der Waals surface area contributed by atoms with Gasteiger partial charge in [-0.1, -0.05) is 23.2 Å². The minimum absolute atomic E-state index is 0.450. The molecular weight excluding hydrogens is 333 g/mol. The lowest BCUT2D eigenvalue weighted by Crippen LogP contribution is -1.91. The van der Waals surface area contributed by atoms with Crippen molar-refractivity contribution in [2.75, 3.05) is 0 Å². The summed E-state index contributed by atoms with van der Waals surface area (Å²) >= 11 is 12.2. The topological polar surface area (TPSA) is 34.6 Å². The molecule has 0 amide bonds. The Morgan fingerprint density at radius 1 is 1.13 bits per heavy atom. The van der Waals surface area contributed by atoms with Crippen LogP contribution < -0.4 is 0 Å². The monoisotopic (exact) mass is 343 g/mol. The maximum Gasteiger partial charge on any atom is 0.167 e. The van der Waals surface area contributed by atoms with E-state index < -0.39 is 0 Å². The Kier molecular flexibility index (Phi) is 3.22. The molecule has 0 unspecified atom stereocenters. The first-order valence-corrected chi connectivity index (χ1v) is 7.78. The highest BCUT2D eigenvalue weighted by Crippen LogP contribution is 2.36. The van der Waals surface area contributed by atoms with Gasteiger partial charge in [0, 0.05) is 27.7 Å². The van der Waals surface area contributed by atoms with Crippen molar-refractivity contribution in [1.29, 1.82) is 0 Å². The summed E-state index contributed by atoms with van der Waals surface area (Å²) < 4.78 is 7.72. The Bertz CT molecular complexity index is 1080. The Morgan fingerprint density at radius 2 is 1.96 bits per heavy atom. The van der Waals surface area contributed by atoms with Gasteiger partial charge in [-0.25, -0.2) is 0 Å². The standard InChI is InChI=1S/C18H11Cl2NO2/c1-10-2-3-21-13(4-10)8-14(16(21)9-22)17-6-11-5-12(19)7-15(20)18(11)23-17/h2-9H,1H3. The zero-order valence-corrected chi connectivity index (χ0v) is 13.7. The molecule has 0 N–H and O–H groups in total. The fourth-order valence-corrected chi connectivity index (χ4v) is 3.39. The number of aldehydes is 1. The van der Waals surface area contributed by atoms with Gasteiger partial charge in [-0.2, -0.15) is 0 Å². The van der Waals surface area contributed by atoms with Crippen LogP contribution in [-0.4, -0.2) is 10.7 Å². The van der Waals surface area contributed by atoms with Crippen LogP contribution in [0.25, 0.3) is 27.8 Å². The number of nitrogens with zero attached hydrogens (tertiary/aromatic N) is 1. The van der Waals surface area contributed by atoms with Crippen molar-refractivity contribution in [2.45, 2.75) is 6.92 Å². The van der Waals surface area contributed by atoms with Crippen LogP contribution >= 0.6 is 23.2 Å². The summed E-state index contributed by atoms with van der Waals surface area (Å²) in [6.45, 7) is 2.01. The van der Waals surface area contributed by atoms with Gasteiger partial charge in [0.2, 0.25) is 0 Å². The van der Waals surface area contributed by atoms with Crippen LogP contribution in [0.2, 0.25) is 10.0 Å². The minimum atomic E-state index is 0.450. The SMILES string of the molecule is Cc1ccn2c(C=O)c(-c3cc4cc(Cl)cc(Cl)c4o3)cc2c1. The van der Waals surface area contributed by atoms with E-state index >= 15 is 0 Å². The molecular formula is C18H11Cl2NO2. The molecule has 0 atom stereocenters. The smallest absolute Gasteiger partial charge is 0.167 e. The number of benzene rings is 1. The van der Waals surface area contributed by atoms with E-state index in [1.165, 1.54) is 0 Å². The average Bonchev–Trinajstić information content (AvgIpc) is 3.07. The van der Waals surface area contributed by atoms with E-state index in [2.05, 4.69) is 0 Å². The summed E-state index contributed by atoms with van der Waals surface area (Å²) in [5, 5.41) is 1.80. The molecule has 0 saturated heterocycles. The number of aryl methyl sites for hydroxylation is 1. The molecule has 0 bridgehead atoms. The maximum atomic E-state index is 11.6. The number of carbonyl (C=O) groups excluding carboxylic acids is 1. The molecule has 0 spiro atoms. The predicted molar refractivity (Wildman–Crippen MR) is 92.7 cm³/mol. The molecule has 0 saturated carbocycles. The molecule has 4 aromatic rings. The summed E-state index contributed by atoms with van der Waals surface area (Å²) in [6, 6.07) is 11.2. The summed E-state index contributed by atoms with van der Waals surface area (Å²) in [5.74, 6) is 0.590. The predicted octanol–water partition coefficient (Wildman–Crippen LogP) is 5.78. The van der Waals surface area contributed by atoms with Crippen LogP contribution in [0.1, 0.15) is 16.1 Å². The first-order chi connectivity index (χ1) is 11.1. The van der Waals surface area contributed by atoms with E-state index in [9.17, 15) is 4.79 Å². The van der Waals surface area contributed by atoms with Gasteiger partial charge in [0.15, 0.2) is 11.9 Å². The van der Waals surface area contributed by atoms with E-state index in [0.717, 1.165) is 28.3 Å². The molecule has 3 nitrogen and oxygen atoms in total. The summed E-state index contributed by atoms with van der Waals surface area (Å²) in [7, 11) is 0. The Morgan fingerprint density at radius 3 is 2.74 bits per heavy atom. The van der Waals surface area contributed by atoms with E-state index in [4.69, 9.17) is 27.6 Å².